The number of hydrogen-bond acceptors (Lipinski definition) is 4. The Hall–Kier alpha value is -3.38. The molecule has 3 aromatic rings. The summed E-state index contributed by atoms with van der Waals surface area (Å²) in [7, 11) is 0. The summed E-state index contributed by atoms with van der Waals surface area (Å²) >= 11 is 5.93. The van der Waals surface area contributed by atoms with E-state index >= 15 is 0 Å². The Bertz CT molecular complexity index is 1040. The summed E-state index contributed by atoms with van der Waals surface area (Å²) in [5.74, 6) is -1.25. The van der Waals surface area contributed by atoms with E-state index in [0.29, 0.717) is 0 Å². The van der Waals surface area contributed by atoms with Crippen LogP contribution < -0.4 is 5.32 Å². The molecular weight excluding hydrogens is 380 g/mol. The summed E-state index contributed by atoms with van der Waals surface area (Å²) in [6.45, 7) is 0.165. The number of carbonyl (C=O) groups is 2. The number of ether oxygens (including phenoxy) is 1. The van der Waals surface area contributed by atoms with Gasteiger partial charge in [-0.3, -0.25) is 5.32 Å². The van der Waals surface area contributed by atoms with Gasteiger partial charge >= 0.3 is 12.1 Å². The number of carboxylic acids is 1. The van der Waals surface area contributed by atoms with E-state index < -0.39 is 12.1 Å². The normalized spacial score (nSPS) is 12.2. The van der Waals surface area contributed by atoms with Crippen molar-refractivity contribution >= 4 is 29.4 Å². The molecule has 140 valence electrons. The Labute approximate surface area is 165 Å². The first-order valence-electron chi connectivity index (χ1n) is 8.56. The summed E-state index contributed by atoms with van der Waals surface area (Å²) in [6, 6.07) is 18.7. The van der Waals surface area contributed by atoms with Crippen LogP contribution in [-0.2, 0) is 4.74 Å². The van der Waals surface area contributed by atoms with Gasteiger partial charge in [0.05, 0.1) is 5.69 Å². The zero-order valence-electron chi connectivity index (χ0n) is 14.6. The lowest BCUT2D eigenvalue weighted by molar-refractivity contribution is 0.0690. The molecule has 0 unspecified atom stereocenters. The van der Waals surface area contributed by atoms with E-state index in [9.17, 15) is 9.59 Å². The topological polar surface area (TPSA) is 88.5 Å². The number of nitrogens with zero attached hydrogens (tertiary/aromatic N) is 1. The molecule has 1 aliphatic carbocycles. The molecule has 28 heavy (non-hydrogen) atoms. The maximum Gasteiger partial charge on any atom is 0.411 e. The second-order valence-electron chi connectivity index (χ2n) is 6.29. The van der Waals surface area contributed by atoms with E-state index in [0.717, 1.165) is 22.3 Å². The number of pyridine rings is 1. The third kappa shape index (κ3) is 3.30. The molecule has 0 atom stereocenters. The maximum absolute atomic E-state index is 12.2. The van der Waals surface area contributed by atoms with Crippen molar-refractivity contribution in [1.82, 2.24) is 4.98 Å². The molecule has 7 heteroatoms. The highest BCUT2D eigenvalue weighted by molar-refractivity contribution is 6.32. The van der Waals surface area contributed by atoms with Gasteiger partial charge in [-0.15, -0.1) is 0 Å². The number of aromatic nitrogens is 1. The van der Waals surface area contributed by atoms with Crippen LogP contribution in [-0.4, -0.2) is 28.8 Å². The van der Waals surface area contributed by atoms with Crippen LogP contribution in [0.2, 0.25) is 5.15 Å². The summed E-state index contributed by atoms with van der Waals surface area (Å²) in [5.41, 5.74) is 4.49. The number of nitrogens with one attached hydrogen (secondary N) is 1. The largest absolute Gasteiger partial charge is 0.477 e. The van der Waals surface area contributed by atoms with E-state index in [1.807, 2.05) is 36.4 Å². The average molecular weight is 395 g/mol. The molecule has 0 saturated carbocycles. The number of carbonyl (C=O) groups excluding carboxylic acids is 1. The van der Waals surface area contributed by atoms with E-state index in [4.69, 9.17) is 21.4 Å². The van der Waals surface area contributed by atoms with Crippen LogP contribution in [0.25, 0.3) is 11.1 Å². The number of hydrogen-bond donors (Lipinski definition) is 2. The van der Waals surface area contributed by atoms with Gasteiger partial charge in [-0.05, 0) is 34.4 Å². The summed E-state index contributed by atoms with van der Waals surface area (Å²) in [5, 5.41) is 11.3. The predicted molar refractivity (Wildman–Crippen MR) is 105 cm³/mol. The first kappa shape index (κ1) is 18.0. The highest BCUT2D eigenvalue weighted by Crippen LogP contribution is 2.44. The molecule has 2 N–H and O–H groups in total. The quantitative estimate of drug-likeness (QED) is 0.621. The zero-order valence-corrected chi connectivity index (χ0v) is 15.3. The lowest BCUT2D eigenvalue weighted by Crippen LogP contribution is -2.18. The van der Waals surface area contributed by atoms with Gasteiger partial charge in [0.2, 0.25) is 0 Å². The SMILES string of the molecule is O=C(Nc1ccc(C(=O)O)nc1Cl)OCC1c2ccccc2-c2ccccc21. The molecule has 1 heterocycles. The molecule has 0 aliphatic heterocycles. The molecule has 2 aromatic carbocycles. The minimum atomic E-state index is -1.20. The molecular formula is C21H15ClN2O4. The molecule has 0 bridgehead atoms. The van der Waals surface area contributed by atoms with Crippen molar-refractivity contribution in [2.24, 2.45) is 0 Å². The van der Waals surface area contributed by atoms with Gasteiger partial charge in [0, 0.05) is 5.92 Å². The van der Waals surface area contributed by atoms with Gasteiger partial charge in [0.1, 0.15) is 12.3 Å². The van der Waals surface area contributed by atoms with Gasteiger partial charge in [0.25, 0.3) is 0 Å². The number of benzene rings is 2. The molecule has 0 saturated heterocycles. The van der Waals surface area contributed by atoms with Crippen LogP contribution in [0.4, 0.5) is 10.5 Å². The first-order chi connectivity index (χ1) is 13.5. The molecule has 6 nitrogen and oxygen atoms in total. The van der Waals surface area contributed by atoms with Crippen molar-refractivity contribution in [3.63, 3.8) is 0 Å². The van der Waals surface area contributed by atoms with Gasteiger partial charge in [0.15, 0.2) is 5.15 Å². The van der Waals surface area contributed by atoms with Crippen molar-refractivity contribution < 1.29 is 19.4 Å². The van der Waals surface area contributed by atoms with Crippen LogP contribution in [0.1, 0.15) is 27.5 Å². The zero-order chi connectivity index (χ0) is 19.7. The Balaban J connectivity index is 1.48. The van der Waals surface area contributed by atoms with Gasteiger partial charge in [-0.2, -0.15) is 0 Å². The van der Waals surface area contributed by atoms with E-state index in [1.165, 1.54) is 12.1 Å². The highest BCUT2D eigenvalue weighted by Gasteiger charge is 2.29. The molecule has 4 rings (SSSR count). The van der Waals surface area contributed by atoms with Crippen molar-refractivity contribution in [2.45, 2.75) is 5.92 Å². The second-order valence-corrected chi connectivity index (χ2v) is 6.65. The summed E-state index contributed by atoms with van der Waals surface area (Å²) < 4.78 is 5.42. The molecule has 0 spiro atoms. The third-order valence-corrected chi connectivity index (χ3v) is 4.94. The number of fused-ring (bicyclic) bond motifs is 3. The average Bonchev–Trinajstić information content (AvgIpc) is 3.02. The lowest BCUT2D eigenvalue weighted by Gasteiger charge is -2.15. The smallest absolute Gasteiger partial charge is 0.411 e. The van der Waals surface area contributed by atoms with Gasteiger partial charge in [-0.25, -0.2) is 14.6 Å². The minimum Gasteiger partial charge on any atom is -0.477 e. The van der Waals surface area contributed by atoms with Crippen LogP contribution in [0.15, 0.2) is 60.7 Å². The first-order valence-corrected chi connectivity index (χ1v) is 8.94. The van der Waals surface area contributed by atoms with Crippen LogP contribution in [0, 0.1) is 0 Å². The number of rotatable bonds is 4. The Morgan fingerprint density at radius 3 is 2.18 bits per heavy atom. The van der Waals surface area contributed by atoms with Crippen molar-refractivity contribution in [3.05, 3.63) is 82.6 Å². The molecule has 0 radical (unpaired) electrons. The Morgan fingerprint density at radius 2 is 1.61 bits per heavy atom. The van der Waals surface area contributed by atoms with Crippen molar-refractivity contribution in [3.8, 4) is 11.1 Å². The summed E-state index contributed by atoms with van der Waals surface area (Å²) in [4.78, 5) is 26.9. The van der Waals surface area contributed by atoms with Crippen LogP contribution >= 0.6 is 11.6 Å². The fourth-order valence-electron chi connectivity index (χ4n) is 3.39. The number of anilines is 1. The van der Waals surface area contributed by atoms with Crippen LogP contribution in [0.3, 0.4) is 0 Å². The van der Waals surface area contributed by atoms with Crippen molar-refractivity contribution in [1.29, 1.82) is 0 Å². The maximum atomic E-state index is 12.2. The van der Waals surface area contributed by atoms with Gasteiger partial charge in [-0.1, -0.05) is 60.1 Å². The standard InChI is InChI=1S/C21H15ClN2O4/c22-19-17(9-10-18(23-19)20(25)26)24-21(27)28-11-16-14-7-3-1-5-12(14)13-6-2-4-8-15(13)16/h1-10,16H,11H2,(H,24,27)(H,25,26). The molecule has 1 amide bonds. The van der Waals surface area contributed by atoms with E-state index in [1.54, 1.807) is 0 Å². The number of halogens is 1. The molecule has 1 aliphatic rings. The molecule has 0 fully saturated rings. The molecule has 1 aromatic heterocycles. The monoisotopic (exact) mass is 394 g/mol. The highest BCUT2D eigenvalue weighted by atomic mass is 35.5. The lowest BCUT2D eigenvalue weighted by atomic mass is 9.98. The summed E-state index contributed by atoms with van der Waals surface area (Å²) in [6.07, 6.45) is -0.686. The Kier molecular flexibility index (Phi) is 4.71. The fourth-order valence-corrected chi connectivity index (χ4v) is 3.59. The minimum absolute atomic E-state index is 0.0545. The van der Waals surface area contributed by atoms with Gasteiger partial charge < -0.3 is 9.84 Å². The predicted octanol–water partition coefficient (Wildman–Crippen LogP) is 4.79. The number of amides is 1. The van der Waals surface area contributed by atoms with Crippen LogP contribution in [0.5, 0.6) is 0 Å². The second kappa shape index (κ2) is 7.32. The number of carboxylic acid groups (broad SMARTS) is 1. The van der Waals surface area contributed by atoms with E-state index in [2.05, 4.69) is 22.4 Å². The number of aromatic carboxylic acids is 1. The van der Waals surface area contributed by atoms with E-state index in [-0.39, 0.29) is 29.1 Å². The third-order valence-electron chi connectivity index (χ3n) is 4.65. The Morgan fingerprint density at radius 1 is 1.00 bits per heavy atom. The van der Waals surface area contributed by atoms with Crippen molar-refractivity contribution in [2.75, 3.05) is 11.9 Å². The fraction of sp³-hybridized carbons (Fsp3) is 0.0952.